The van der Waals surface area contributed by atoms with Crippen LogP contribution in [0, 0.1) is 12.8 Å². The first kappa shape index (κ1) is 21.5. The second kappa shape index (κ2) is 8.81. The van der Waals surface area contributed by atoms with Gasteiger partial charge >= 0.3 is 0 Å². The molecule has 0 bridgehead atoms. The average Bonchev–Trinajstić information content (AvgIpc) is 2.79. The molecular weight excluding hydrogens is 408 g/mol. The van der Waals surface area contributed by atoms with Crippen molar-refractivity contribution in [1.82, 2.24) is 9.21 Å². The van der Waals surface area contributed by atoms with Crippen LogP contribution in [0.3, 0.4) is 0 Å². The van der Waals surface area contributed by atoms with E-state index in [4.69, 9.17) is 0 Å². The number of rotatable bonds is 5. The Morgan fingerprint density at radius 1 is 0.968 bits per heavy atom. The molecule has 162 valence electrons. The molecule has 1 saturated heterocycles. The number of fused-ring (bicyclic) bond motifs is 1. The van der Waals surface area contributed by atoms with Crippen molar-refractivity contribution in [3.63, 3.8) is 0 Å². The molecule has 1 aliphatic heterocycles. The third-order valence-corrected chi connectivity index (χ3v) is 7.98. The van der Waals surface area contributed by atoms with Crippen molar-refractivity contribution in [1.29, 1.82) is 0 Å². The lowest BCUT2D eigenvalue weighted by Crippen LogP contribution is -2.43. The maximum Gasteiger partial charge on any atom is 0.243 e. The Hall–Kier alpha value is -2.70. The monoisotopic (exact) mass is 436 g/mol. The summed E-state index contributed by atoms with van der Waals surface area (Å²) in [6.45, 7) is 3.22. The van der Waals surface area contributed by atoms with Gasteiger partial charge in [-0.25, -0.2) is 8.42 Å². The maximum atomic E-state index is 13.0. The van der Waals surface area contributed by atoms with Crippen LogP contribution in [0.4, 0.5) is 0 Å². The molecule has 3 aromatic carbocycles. The Bertz CT molecular complexity index is 1180. The fraction of sp³-hybridized carbons (Fsp3) is 0.320. The molecule has 0 atom stereocenters. The zero-order valence-corrected chi connectivity index (χ0v) is 18.8. The Labute approximate surface area is 184 Å². The van der Waals surface area contributed by atoms with E-state index in [1.54, 1.807) is 17.0 Å². The van der Waals surface area contributed by atoms with Gasteiger partial charge in [0.05, 0.1) is 4.90 Å². The van der Waals surface area contributed by atoms with E-state index in [-0.39, 0.29) is 11.8 Å². The van der Waals surface area contributed by atoms with Gasteiger partial charge in [-0.1, -0.05) is 54.1 Å². The van der Waals surface area contributed by atoms with Crippen molar-refractivity contribution in [3.05, 3.63) is 77.9 Å². The van der Waals surface area contributed by atoms with Gasteiger partial charge in [-0.3, -0.25) is 4.79 Å². The molecule has 0 radical (unpaired) electrons. The number of carbonyl (C=O) groups excluding carboxylic acids is 1. The summed E-state index contributed by atoms with van der Waals surface area (Å²) in [6, 6.07) is 21.4. The molecule has 0 saturated carbocycles. The molecule has 0 N–H and O–H groups in total. The minimum Gasteiger partial charge on any atom is -0.341 e. The van der Waals surface area contributed by atoms with Crippen LogP contribution in [-0.4, -0.2) is 43.7 Å². The van der Waals surface area contributed by atoms with E-state index in [1.807, 2.05) is 38.2 Å². The highest BCUT2D eigenvalue weighted by Gasteiger charge is 2.33. The lowest BCUT2D eigenvalue weighted by molar-refractivity contribution is -0.135. The van der Waals surface area contributed by atoms with Crippen molar-refractivity contribution in [3.8, 4) is 0 Å². The van der Waals surface area contributed by atoms with E-state index < -0.39 is 10.0 Å². The minimum absolute atomic E-state index is 0.0838. The zero-order valence-electron chi connectivity index (χ0n) is 18.0. The lowest BCUT2D eigenvalue weighted by Gasteiger charge is -2.32. The van der Waals surface area contributed by atoms with Crippen molar-refractivity contribution in [2.24, 2.45) is 5.92 Å². The SMILES string of the molecule is Cc1ccc(S(=O)(=O)N2CCC(C(=O)N(C)Cc3ccc4ccccc4c3)CC2)cc1. The highest BCUT2D eigenvalue weighted by atomic mass is 32.2. The van der Waals surface area contributed by atoms with Gasteiger partial charge in [-0.15, -0.1) is 0 Å². The molecule has 0 aliphatic carbocycles. The molecular formula is C25H28N2O3S. The largest absolute Gasteiger partial charge is 0.341 e. The summed E-state index contributed by atoms with van der Waals surface area (Å²) in [6.07, 6.45) is 1.10. The smallest absolute Gasteiger partial charge is 0.243 e. The van der Waals surface area contributed by atoms with Gasteiger partial charge in [0.2, 0.25) is 15.9 Å². The predicted octanol–water partition coefficient (Wildman–Crippen LogP) is 4.21. The Morgan fingerprint density at radius 3 is 2.29 bits per heavy atom. The minimum atomic E-state index is -3.51. The van der Waals surface area contributed by atoms with E-state index in [0.29, 0.717) is 37.4 Å². The Morgan fingerprint density at radius 2 is 1.61 bits per heavy atom. The molecule has 4 rings (SSSR count). The van der Waals surface area contributed by atoms with Crippen LogP contribution in [0.5, 0.6) is 0 Å². The Kier molecular flexibility index (Phi) is 6.12. The third-order valence-electron chi connectivity index (χ3n) is 6.07. The van der Waals surface area contributed by atoms with Crippen LogP contribution in [0.2, 0.25) is 0 Å². The maximum absolute atomic E-state index is 13.0. The number of hydrogen-bond donors (Lipinski definition) is 0. The summed E-state index contributed by atoms with van der Waals surface area (Å²) in [4.78, 5) is 15.1. The summed E-state index contributed by atoms with van der Waals surface area (Å²) in [5.74, 6) is -0.0598. The molecule has 3 aromatic rings. The van der Waals surface area contributed by atoms with Crippen molar-refractivity contribution >= 4 is 26.7 Å². The summed E-state index contributed by atoms with van der Waals surface area (Å²) in [5.41, 5.74) is 2.12. The number of benzene rings is 3. The molecule has 5 nitrogen and oxygen atoms in total. The van der Waals surface area contributed by atoms with Crippen molar-refractivity contribution in [2.45, 2.75) is 31.2 Å². The molecule has 1 heterocycles. The number of amides is 1. The summed E-state index contributed by atoms with van der Waals surface area (Å²) in [7, 11) is -1.68. The fourth-order valence-corrected chi connectivity index (χ4v) is 5.67. The van der Waals surface area contributed by atoms with E-state index in [9.17, 15) is 13.2 Å². The first-order valence-electron chi connectivity index (χ1n) is 10.6. The number of aryl methyl sites for hydroxylation is 1. The molecule has 1 fully saturated rings. The van der Waals surface area contributed by atoms with Gasteiger partial charge in [-0.05, 0) is 54.3 Å². The zero-order chi connectivity index (χ0) is 22.0. The van der Waals surface area contributed by atoms with Gasteiger partial charge < -0.3 is 4.90 Å². The molecule has 1 amide bonds. The first-order valence-corrected chi connectivity index (χ1v) is 12.1. The predicted molar refractivity (Wildman–Crippen MR) is 123 cm³/mol. The van der Waals surface area contributed by atoms with Gasteiger partial charge in [0.1, 0.15) is 0 Å². The molecule has 1 aliphatic rings. The van der Waals surface area contributed by atoms with Crippen molar-refractivity contribution < 1.29 is 13.2 Å². The van der Waals surface area contributed by atoms with Gasteiger partial charge in [-0.2, -0.15) is 4.31 Å². The van der Waals surface area contributed by atoms with Crippen LogP contribution in [0.1, 0.15) is 24.0 Å². The third kappa shape index (κ3) is 4.65. The number of carbonyl (C=O) groups is 1. The summed E-state index contributed by atoms with van der Waals surface area (Å²) >= 11 is 0. The van der Waals surface area contributed by atoms with E-state index >= 15 is 0 Å². The van der Waals surface area contributed by atoms with Crippen LogP contribution in [0.15, 0.2) is 71.6 Å². The summed E-state index contributed by atoms with van der Waals surface area (Å²) in [5, 5.41) is 2.35. The molecule has 0 unspecified atom stereocenters. The second-order valence-electron chi connectivity index (χ2n) is 8.37. The number of nitrogens with zero attached hydrogens (tertiary/aromatic N) is 2. The van der Waals surface area contributed by atoms with Gasteiger partial charge in [0.15, 0.2) is 0 Å². The van der Waals surface area contributed by atoms with Gasteiger partial charge in [0.25, 0.3) is 0 Å². The number of hydrogen-bond acceptors (Lipinski definition) is 3. The van der Waals surface area contributed by atoms with Crippen LogP contribution in [-0.2, 0) is 21.4 Å². The number of piperidine rings is 1. The van der Waals surface area contributed by atoms with E-state index in [0.717, 1.165) is 16.5 Å². The molecule has 0 aromatic heterocycles. The van der Waals surface area contributed by atoms with Gasteiger partial charge in [0, 0.05) is 32.6 Å². The normalized spacial score (nSPS) is 15.8. The first-order chi connectivity index (χ1) is 14.8. The van der Waals surface area contributed by atoms with Crippen LogP contribution < -0.4 is 0 Å². The molecule has 31 heavy (non-hydrogen) atoms. The lowest BCUT2D eigenvalue weighted by atomic mass is 9.96. The topological polar surface area (TPSA) is 57.7 Å². The summed E-state index contributed by atoms with van der Waals surface area (Å²) < 4.78 is 27.3. The molecule has 0 spiro atoms. The molecule has 6 heteroatoms. The van der Waals surface area contributed by atoms with E-state index in [2.05, 4.69) is 30.3 Å². The van der Waals surface area contributed by atoms with Crippen LogP contribution >= 0.6 is 0 Å². The van der Waals surface area contributed by atoms with E-state index in [1.165, 1.54) is 9.69 Å². The Balaban J connectivity index is 1.37. The standard InChI is InChI=1S/C25H28N2O3S/c1-19-7-11-24(12-8-19)31(29,30)27-15-13-22(14-16-27)25(28)26(2)18-20-9-10-21-5-3-4-6-23(21)17-20/h3-12,17,22H,13-16,18H2,1-2H3. The second-order valence-corrected chi connectivity index (χ2v) is 10.3. The van der Waals surface area contributed by atoms with Crippen molar-refractivity contribution in [2.75, 3.05) is 20.1 Å². The highest BCUT2D eigenvalue weighted by molar-refractivity contribution is 7.89. The quantitative estimate of drug-likeness (QED) is 0.602. The average molecular weight is 437 g/mol. The highest BCUT2D eigenvalue weighted by Crippen LogP contribution is 2.26. The fourth-order valence-electron chi connectivity index (χ4n) is 4.20. The number of sulfonamides is 1. The van der Waals surface area contributed by atoms with Crippen LogP contribution in [0.25, 0.3) is 10.8 Å².